The van der Waals surface area contributed by atoms with Crippen LogP contribution in [0, 0.1) is 0 Å². The molecule has 5 heteroatoms. The molecule has 0 atom stereocenters. The average molecular weight is 351 g/mol. The van der Waals surface area contributed by atoms with Gasteiger partial charge < -0.3 is 10.2 Å². The number of carbonyl (C=O) groups excluding carboxylic acids is 1. The zero-order chi connectivity index (χ0) is 17.5. The molecule has 1 aromatic heterocycles. The zero-order valence-corrected chi connectivity index (χ0v) is 15.0. The molecule has 0 aliphatic carbocycles. The van der Waals surface area contributed by atoms with E-state index < -0.39 is 0 Å². The summed E-state index contributed by atoms with van der Waals surface area (Å²) in [7, 11) is 2.03. The second-order valence-corrected chi connectivity index (χ2v) is 6.60. The van der Waals surface area contributed by atoms with Crippen LogP contribution in [0.3, 0.4) is 0 Å². The fourth-order valence-corrected chi connectivity index (χ4v) is 3.19. The Kier molecular flexibility index (Phi) is 5.80. The van der Waals surface area contributed by atoms with Gasteiger partial charge in [-0.3, -0.25) is 4.79 Å². The Morgan fingerprint density at radius 3 is 2.76 bits per heavy atom. The van der Waals surface area contributed by atoms with Crippen LogP contribution in [0.25, 0.3) is 0 Å². The highest BCUT2D eigenvalue weighted by atomic mass is 32.1. The largest absolute Gasteiger partial charge is 0.370 e. The molecule has 1 heterocycles. The summed E-state index contributed by atoms with van der Waals surface area (Å²) in [6, 6.07) is 18.0. The Labute approximate surface area is 152 Å². The van der Waals surface area contributed by atoms with Crippen LogP contribution in [-0.4, -0.2) is 24.5 Å². The SMILES string of the molecule is CN(Cc1ccccc1)c1cccc(C(=O)NCCc2cscn2)c1. The molecule has 128 valence electrons. The third kappa shape index (κ3) is 4.90. The second kappa shape index (κ2) is 8.44. The van der Waals surface area contributed by atoms with E-state index in [1.165, 1.54) is 5.56 Å². The number of hydrogen-bond acceptors (Lipinski definition) is 4. The standard InChI is InChI=1S/C20H21N3OS/c1-23(13-16-6-3-2-4-7-16)19-9-5-8-17(12-19)20(24)21-11-10-18-14-25-15-22-18/h2-9,12,14-15H,10-11,13H2,1H3,(H,21,24). The third-order valence-corrected chi connectivity index (χ3v) is 4.60. The van der Waals surface area contributed by atoms with Crippen LogP contribution in [0.2, 0.25) is 0 Å². The topological polar surface area (TPSA) is 45.2 Å². The molecule has 0 radical (unpaired) electrons. The van der Waals surface area contributed by atoms with Gasteiger partial charge in [-0.1, -0.05) is 36.4 Å². The molecule has 0 spiro atoms. The van der Waals surface area contributed by atoms with Crippen molar-refractivity contribution in [3.05, 3.63) is 82.3 Å². The molecule has 0 fully saturated rings. The van der Waals surface area contributed by atoms with Crippen molar-refractivity contribution in [2.24, 2.45) is 0 Å². The quantitative estimate of drug-likeness (QED) is 0.705. The van der Waals surface area contributed by atoms with Crippen molar-refractivity contribution in [1.82, 2.24) is 10.3 Å². The summed E-state index contributed by atoms with van der Waals surface area (Å²) < 4.78 is 0. The maximum Gasteiger partial charge on any atom is 0.251 e. The molecular formula is C20H21N3OS. The summed E-state index contributed by atoms with van der Waals surface area (Å²) in [5, 5.41) is 4.97. The summed E-state index contributed by atoms with van der Waals surface area (Å²) >= 11 is 1.57. The monoisotopic (exact) mass is 351 g/mol. The number of nitrogens with one attached hydrogen (secondary N) is 1. The third-order valence-electron chi connectivity index (χ3n) is 3.96. The molecule has 0 aliphatic rings. The van der Waals surface area contributed by atoms with E-state index in [4.69, 9.17) is 0 Å². The Balaban J connectivity index is 1.59. The molecule has 2 aromatic carbocycles. The first kappa shape index (κ1) is 17.2. The van der Waals surface area contributed by atoms with Crippen molar-refractivity contribution in [3.8, 4) is 0 Å². The Morgan fingerprint density at radius 1 is 1.16 bits per heavy atom. The number of hydrogen-bond donors (Lipinski definition) is 1. The Morgan fingerprint density at radius 2 is 2.00 bits per heavy atom. The van der Waals surface area contributed by atoms with Gasteiger partial charge in [-0.05, 0) is 23.8 Å². The minimum absolute atomic E-state index is 0.0507. The van der Waals surface area contributed by atoms with Crippen molar-refractivity contribution in [3.63, 3.8) is 0 Å². The van der Waals surface area contributed by atoms with E-state index in [2.05, 4.69) is 27.3 Å². The van der Waals surface area contributed by atoms with E-state index >= 15 is 0 Å². The highest BCUT2D eigenvalue weighted by molar-refractivity contribution is 7.07. The molecule has 3 aromatic rings. The number of nitrogens with zero attached hydrogens (tertiary/aromatic N) is 2. The van der Waals surface area contributed by atoms with Crippen LogP contribution in [0.1, 0.15) is 21.6 Å². The molecule has 4 nitrogen and oxygen atoms in total. The molecule has 0 bridgehead atoms. The van der Waals surface area contributed by atoms with Gasteiger partial charge in [-0.2, -0.15) is 0 Å². The lowest BCUT2D eigenvalue weighted by molar-refractivity contribution is 0.0954. The van der Waals surface area contributed by atoms with Crippen LogP contribution in [0.15, 0.2) is 65.5 Å². The van der Waals surface area contributed by atoms with Gasteiger partial charge >= 0.3 is 0 Å². The number of rotatable bonds is 7. The average Bonchev–Trinajstić information content (AvgIpc) is 3.16. The lowest BCUT2D eigenvalue weighted by atomic mass is 10.1. The van der Waals surface area contributed by atoms with E-state index in [1.54, 1.807) is 11.3 Å². The molecule has 0 aliphatic heterocycles. The van der Waals surface area contributed by atoms with Crippen molar-refractivity contribution in [2.45, 2.75) is 13.0 Å². The summed E-state index contributed by atoms with van der Waals surface area (Å²) in [4.78, 5) is 18.7. The molecule has 0 saturated carbocycles. The summed E-state index contributed by atoms with van der Waals surface area (Å²) in [5.41, 5.74) is 5.76. The van der Waals surface area contributed by atoms with E-state index in [-0.39, 0.29) is 5.91 Å². The van der Waals surface area contributed by atoms with Crippen LogP contribution in [0.4, 0.5) is 5.69 Å². The number of thiazole rings is 1. The highest BCUT2D eigenvalue weighted by Gasteiger charge is 2.08. The predicted molar refractivity (Wildman–Crippen MR) is 103 cm³/mol. The first-order valence-corrected chi connectivity index (χ1v) is 9.17. The van der Waals surface area contributed by atoms with Crippen molar-refractivity contribution >= 4 is 22.9 Å². The van der Waals surface area contributed by atoms with Gasteiger partial charge in [0.1, 0.15) is 0 Å². The van der Waals surface area contributed by atoms with Gasteiger partial charge in [-0.25, -0.2) is 4.98 Å². The van der Waals surface area contributed by atoms with Gasteiger partial charge in [0.05, 0.1) is 11.2 Å². The number of amides is 1. The zero-order valence-electron chi connectivity index (χ0n) is 14.2. The van der Waals surface area contributed by atoms with Gasteiger partial charge in [0.25, 0.3) is 5.91 Å². The molecule has 1 amide bonds. The van der Waals surface area contributed by atoms with Crippen molar-refractivity contribution in [2.75, 3.05) is 18.5 Å². The fourth-order valence-electron chi connectivity index (χ4n) is 2.60. The first-order chi connectivity index (χ1) is 12.2. The first-order valence-electron chi connectivity index (χ1n) is 8.23. The molecule has 0 saturated heterocycles. The molecule has 25 heavy (non-hydrogen) atoms. The highest BCUT2D eigenvalue weighted by Crippen LogP contribution is 2.17. The molecule has 0 unspecified atom stereocenters. The number of anilines is 1. The lowest BCUT2D eigenvalue weighted by Gasteiger charge is -2.20. The van der Waals surface area contributed by atoms with Crippen LogP contribution < -0.4 is 10.2 Å². The van der Waals surface area contributed by atoms with E-state index in [0.717, 1.165) is 24.3 Å². The number of carbonyl (C=O) groups is 1. The Hall–Kier alpha value is -2.66. The number of aromatic nitrogens is 1. The second-order valence-electron chi connectivity index (χ2n) is 5.88. The summed E-state index contributed by atoms with van der Waals surface area (Å²) in [6.07, 6.45) is 0.753. The van der Waals surface area contributed by atoms with E-state index in [0.29, 0.717) is 12.1 Å². The fraction of sp³-hybridized carbons (Fsp3) is 0.200. The van der Waals surface area contributed by atoms with Crippen LogP contribution in [0.5, 0.6) is 0 Å². The van der Waals surface area contributed by atoms with E-state index in [1.807, 2.05) is 60.4 Å². The Bertz CT molecular complexity index is 803. The molecule has 3 rings (SSSR count). The van der Waals surface area contributed by atoms with Gasteiger partial charge in [0, 0.05) is 43.2 Å². The van der Waals surface area contributed by atoms with Crippen molar-refractivity contribution in [1.29, 1.82) is 0 Å². The lowest BCUT2D eigenvalue weighted by Crippen LogP contribution is -2.26. The van der Waals surface area contributed by atoms with Crippen molar-refractivity contribution < 1.29 is 4.79 Å². The van der Waals surface area contributed by atoms with E-state index in [9.17, 15) is 4.79 Å². The normalized spacial score (nSPS) is 10.4. The van der Waals surface area contributed by atoms with Gasteiger partial charge in [-0.15, -0.1) is 11.3 Å². The maximum absolute atomic E-state index is 12.4. The number of benzene rings is 2. The smallest absolute Gasteiger partial charge is 0.251 e. The minimum Gasteiger partial charge on any atom is -0.370 e. The van der Waals surface area contributed by atoms with Gasteiger partial charge in [0.15, 0.2) is 0 Å². The van der Waals surface area contributed by atoms with Crippen LogP contribution >= 0.6 is 11.3 Å². The maximum atomic E-state index is 12.4. The van der Waals surface area contributed by atoms with Gasteiger partial charge in [0.2, 0.25) is 0 Å². The predicted octanol–water partition coefficient (Wildman–Crippen LogP) is 3.75. The molecule has 1 N–H and O–H groups in total. The minimum atomic E-state index is -0.0507. The summed E-state index contributed by atoms with van der Waals surface area (Å²) in [5.74, 6) is -0.0507. The van der Waals surface area contributed by atoms with Crippen LogP contribution in [-0.2, 0) is 13.0 Å². The molecular weight excluding hydrogens is 330 g/mol. The summed E-state index contributed by atoms with van der Waals surface area (Å²) in [6.45, 7) is 1.39.